The number of hydrogen-bond acceptors (Lipinski definition) is 0. The molecule has 3 aromatic carbocycles. The third-order valence-electron chi connectivity index (χ3n) is 6.41. The van der Waals surface area contributed by atoms with Crippen molar-refractivity contribution in [3.8, 4) is 0 Å². The van der Waals surface area contributed by atoms with Gasteiger partial charge in [-0.25, -0.2) is 0 Å². The summed E-state index contributed by atoms with van der Waals surface area (Å²) < 4.78 is 0. The first-order valence-electron chi connectivity index (χ1n) is 11.4. The topological polar surface area (TPSA) is 0 Å². The second kappa shape index (κ2) is 8.87. The maximum absolute atomic E-state index is 2.49. The average molecular weight is 433 g/mol. The quantitative estimate of drug-likeness (QED) is 0.378. The van der Waals surface area contributed by atoms with Crippen molar-refractivity contribution in [3.63, 3.8) is 0 Å². The summed E-state index contributed by atoms with van der Waals surface area (Å²) in [7, 11) is -1.10. The molecule has 0 spiro atoms. The van der Waals surface area contributed by atoms with E-state index in [9.17, 15) is 0 Å². The van der Waals surface area contributed by atoms with Gasteiger partial charge in [0.1, 0.15) is 0 Å². The van der Waals surface area contributed by atoms with Crippen LogP contribution >= 0.6 is 10.0 Å². The van der Waals surface area contributed by atoms with Crippen LogP contribution < -0.4 is 0 Å². The fourth-order valence-corrected chi connectivity index (χ4v) is 7.52. The van der Waals surface area contributed by atoms with Gasteiger partial charge < -0.3 is 0 Å². The van der Waals surface area contributed by atoms with Gasteiger partial charge >= 0.3 is 0 Å². The summed E-state index contributed by atoms with van der Waals surface area (Å²) in [5, 5.41) is 0. The second-order valence-electron chi connectivity index (χ2n) is 11.0. The molecule has 166 valence electrons. The van der Waals surface area contributed by atoms with E-state index in [0.29, 0.717) is 0 Å². The normalized spacial score (nSPS) is 13.3. The Morgan fingerprint density at radius 1 is 0.645 bits per heavy atom. The molecule has 0 saturated carbocycles. The van der Waals surface area contributed by atoms with Crippen molar-refractivity contribution in [1.82, 2.24) is 0 Å². The highest BCUT2D eigenvalue weighted by Gasteiger charge is 2.26. The molecule has 0 aliphatic rings. The fourth-order valence-electron chi connectivity index (χ4n) is 4.61. The summed E-state index contributed by atoms with van der Waals surface area (Å²) in [6.07, 6.45) is 3.59. The zero-order valence-electron chi connectivity index (χ0n) is 20.8. The van der Waals surface area contributed by atoms with Crippen molar-refractivity contribution in [2.45, 2.75) is 75.5 Å². The SMILES string of the molecule is Cc1c(C(C)(C)C)cc(CCS(C)(c2ccccc2)c2ccccc2)cc1C(C)(C)C. The Hall–Kier alpha value is -1.99. The highest BCUT2D eigenvalue weighted by Crippen LogP contribution is 2.59. The van der Waals surface area contributed by atoms with Gasteiger partial charge in [-0.15, -0.1) is 0 Å². The zero-order chi connectivity index (χ0) is 22.9. The third kappa shape index (κ3) is 5.26. The second-order valence-corrected chi connectivity index (χ2v) is 14.5. The maximum Gasteiger partial charge on any atom is -0.00616 e. The molecule has 0 aromatic heterocycles. The highest BCUT2D eigenvalue weighted by atomic mass is 32.3. The van der Waals surface area contributed by atoms with E-state index in [2.05, 4.69) is 128 Å². The Balaban J connectivity index is 2.05. The third-order valence-corrected chi connectivity index (χ3v) is 10.1. The minimum Gasteiger partial charge on any atom is -0.190 e. The summed E-state index contributed by atoms with van der Waals surface area (Å²) in [6.45, 7) is 16.4. The molecule has 31 heavy (non-hydrogen) atoms. The van der Waals surface area contributed by atoms with Gasteiger partial charge in [0.15, 0.2) is 0 Å². The Morgan fingerprint density at radius 2 is 1.03 bits per heavy atom. The number of rotatable bonds is 5. The van der Waals surface area contributed by atoms with Gasteiger partial charge in [-0.05, 0) is 92.5 Å². The average Bonchev–Trinajstić information content (AvgIpc) is 2.72. The predicted octanol–water partition coefficient (Wildman–Crippen LogP) is 8.69. The largest absolute Gasteiger partial charge is 0.190 e. The van der Waals surface area contributed by atoms with Crippen LogP contribution in [-0.4, -0.2) is 12.0 Å². The van der Waals surface area contributed by atoms with Gasteiger partial charge in [0.05, 0.1) is 0 Å². The van der Waals surface area contributed by atoms with Gasteiger partial charge in [0.25, 0.3) is 0 Å². The molecular weight excluding hydrogens is 392 g/mol. The van der Waals surface area contributed by atoms with E-state index in [0.717, 1.165) is 12.2 Å². The smallest absolute Gasteiger partial charge is 0.00616 e. The van der Waals surface area contributed by atoms with E-state index in [1.807, 2.05) is 0 Å². The lowest BCUT2D eigenvalue weighted by Crippen LogP contribution is -2.20. The molecule has 0 saturated heterocycles. The van der Waals surface area contributed by atoms with Crippen LogP contribution in [0.15, 0.2) is 82.6 Å². The fraction of sp³-hybridized carbons (Fsp3) is 0.400. The van der Waals surface area contributed by atoms with Crippen molar-refractivity contribution in [2.24, 2.45) is 0 Å². The van der Waals surface area contributed by atoms with E-state index in [-0.39, 0.29) is 10.8 Å². The summed E-state index contributed by atoms with van der Waals surface area (Å²) >= 11 is 0. The molecule has 0 fully saturated rings. The number of benzene rings is 3. The minimum absolute atomic E-state index is 0.148. The lowest BCUT2D eigenvalue weighted by Gasteiger charge is -2.37. The Labute approximate surface area is 192 Å². The summed E-state index contributed by atoms with van der Waals surface area (Å²) in [5.74, 6) is 1.16. The Morgan fingerprint density at radius 3 is 1.39 bits per heavy atom. The molecule has 3 aromatic rings. The van der Waals surface area contributed by atoms with E-state index in [4.69, 9.17) is 0 Å². The van der Waals surface area contributed by atoms with Crippen molar-refractivity contribution < 1.29 is 0 Å². The summed E-state index contributed by atoms with van der Waals surface area (Å²) in [6, 6.07) is 27.2. The first-order valence-corrected chi connectivity index (χ1v) is 13.6. The summed E-state index contributed by atoms with van der Waals surface area (Å²) in [4.78, 5) is 2.95. The first kappa shape index (κ1) is 23.7. The lowest BCUT2D eigenvalue weighted by atomic mass is 9.75. The molecule has 0 unspecified atom stereocenters. The highest BCUT2D eigenvalue weighted by molar-refractivity contribution is 8.33. The van der Waals surface area contributed by atoms with Crippen LogP contribution in [0.4, 0.5) is 0 Å². The standard InChI is InChI=1S/C30H40S/c1-23-27(29(2,3)4)21-24(22-28(23)30(5,6)7)19-20-31(8,25-15-11-9-12-16-25)26-17-13-10-14-18-26/h9-18,21-22H,19-20H2,1-8H3. The molecule has 1 heteroatoms. The van der Waals surface area contributed by atoms with E-state index in [1.54, 1.807) is 0 Å². The van der Waals surface area contributed by atoms with Crippen molar-refractivity contribution in [2.75, 3.05) is 12.0 Å². The molecule has 0 aliphatic heterocycles. The van der Waals surface area contributed by atoms with Crippen LogP contribution in [0.1, 0.15) is 63.8 Å². The van der Waals surface area contributed by atoms with E-state index < -0.39 is 10.0 Å². The molecule has 0 amide bonds. The van der Waals surface area contributed by atoms with E-state index >= 15 is 0 Å². The lowest BCUT2D eigenvalue weighted by molar-refractivity contribution is 0.559. The molecule has 3 rings (SSSR count). The molecule has 0 N–H and O–H groups in total. The molecular formula is C30H40S. The van der Waals surface area contributed by atoms with Crippen LogP contribution in [0.5, 0.6) is 0 Å². The van der Waals surface area contributed by atoms with Crippen molar-refractivity contribution >= 4 is 10.0 Å². The van der Waals surface area contributed by atoms with Gasteiger partial charge in [-0.2, -0.15) is 10.0 Å². The van der Waals surface area contributed by atoms with Crippen molar-refractivity contribution in [3.05, 3.63) is 95.1 Å². The van der Waals surface area contributed by atoms with E-state index in [1.165, 1.54) is 32.0 Å². The van der Waals surface area contributed by atoms with Crippen LogP contribution in [0.3, 0.4) is 0 Å². The number of hydrogen-bond donors (Lipinski definition) is 0. The van der Waals surface area contributed by atoms with Gasteiger partial charge in [0, 0.05) is 0 Å². The number of aryl methyl sites for hydroxylation is 1. The van der Waals surface area contributed by atoms with Gasteiger partial charge in [-0.3, -0.25) is 0 Å². The summed E-state index contributed by atoms with van der Waals surface area (Å²) in [5.41, 5.74) is 6.22. The van der Waals surface area contributed by atoms with Crippen molar-refractivity contribution in [1.29, 1.82) is 0 Å². The molecule has 0 aliphatic carbocycles. The van der Waals surface area contributed by atoms with Crippen LogP contribution in [0.2, 0.25) is 0 Å². The zero-order valence-corrected chi connectivity index (χ0v) is 21.6. The molecule has 0 heterocycles. The predicted molar refractivity (Wildman–Crippen MR) is 140 cm³/mol. The van der Waals surface area contributed by atoms with Gasteiger partial charge in [0.2, 0.25) is 0 Å². The maximum atomic E-state index is 2.49. The monoisotopic (exact) mass is 432 g/mol. The Kier molecular flexibility index (Phi) is 6.77. The van der Waals surface area contributed by atoms with Gasteiger partial charge in [-0.1, -0.05) is 90.1 Å². The minimum atomic E-state index is -1.10. The van der Waals surface area contributed by atoms with Crippen LogP contribution in [-0.2, 0) is 17.3 Å². The van der Waals surface area contributed by atoms with Crippen LogP contribution in [0, 0.1) is 6.92 Å². The first-order chi connectivity index (χ1) is 14.4. The van der Waals surface area contributed by atoms with Crippen LogP contribution in [0.25, 0.3) is 0 Å². The molecule has 0 atom stereocenters. The Bertz CT molecular complexity index is 927. The molecule has 0 bridgehead atoms. The molecule has 0 radical (unpaired) electrons. The molecule has 0 nitrogen and oxygen atoms in total.